The number of benzene rings is 1. The number of ether oxygens (including phenoxy) is 1. The molecule has 3 heteroatoms. The number of carbonyl (C=O) groups is 1. The molecule has 0 amide bonds. The average molecular weight is 222 g/mol. The molecule has 0 radical (unpaired) electrons. The molecule has 1 atom stereocenters. The van der Waals surface area contributed by atoms with Crippen LogP contribution in [-0.4, -0.2) is 30.0 Å². The fraction of sp³-hybridized carbons (Fsp3) is 0.417. The largest absolute Gasteiger partial charge is 0.368 e. The Morgan fingerprint density at radius 1 is 1.40 bits per heavy atom. The second-order valence-electron chi connectivity index (χ2n) is 3.66. The Morgan fingerprint density at radius 2 is 2.13 bits per heavy atom. The minimum absolute atomic E-state index is 0.113. The second kappa shape index (κ2) is 4.81. The topological polar surface area (TPSA) is 26.3 Å². The Morgan fingerprint density at radius 3 is 2.73 bits per heavy atom. The lowest BCUT2D eigenvalue weighted by molar-refractivity contribution is 0.0519. The normalized spacial score (nSPS) is 21.3. The zero-order valence-electron chi connectivity index (χ0n) is 8.73. The van der Waals surface area contributed by atoms with Crippen molar-refractivity contribution < 1.29 is 9.53 Å². The molecule has 0 bridgehead atoms. The van der Waals surface area contributed by atoms with Gasteiger partial charge in [0.25, 0.3) is 0 Å². The molecule has 2 rings (SSSR count). The first-order valence-electron chi connectivity index (χ1n) is 5.07. The zero-order valence-corrected chi connectivity index (χ0v) is 9.55. The number of hydrogen-bond donors (Lipinski definition) is 0. The van der Waals surface area contributed by atoms with Crippen molar-refractivity contribution in [2.75, 3.05) is 18.1 Å². The van der Waals surface area contributed by atoms with Crippen molar-refractivity contribution in [2.24, 2.45) is 0 Å². The summed E-state index contributed by atoms with van der Waals surface area (Å²) in [6, 6.07) is 7.67. The summed E-state index contributed by atoms with van der Waals surface area (Å²) in [7, 11) is 0. The highest BCUT2D eigenvalue weighted by Crippen LogP contribution is 2.17. The van der Waals surface area contributed by atoms with Crippen molar-refractivity contribution >= 4 is 17.5 Å². The molecule has 1 unspecified atom stereocenters. The Balaban J connectivity index is 2.09. The summed E-state index contributed by atoms with van der Waals surface area (Å²) in [5.41, 5.74) is 1.93. The van der Waals surface area contributed by atoms with Crippen molar-refractivity contribution in [3.63, 3.8) is 0 Å². The van der Waals surface area contributed by atoms with Gasteiger partial charge in [-0.25, -0.2) is 0 Å². The van der Waals surface area contributed by atoms with Crippen molar-refractivity contribution in [3.8, 4) is 0 Å². The number of aryl methyl sites for hydroxylation is 1. The Hall–Kier alpha value is -0.800. The van der Waals surface area contributed by atoms with E-state index < -0.39 is 0 Å². The van der Waals surface area contributed by atoms with Gasteiger partial charge in [0.15, 0.2) is 5.78 Å². The number of hydrogen-bond acceptors (Lipinski definition) is 3. The number of Topliss-reactive ketones (excluding diaryl/α,β-unsaturated/α-hetero) is 1. The molecule has 1 aromatic rings. The van der Waals surface area contributed by atoms with Gasteiger partial charge < -0.3 is 4.74 Å². The molecule has 0 saturated carbocycles. The first-order valence-corrected chi connectivity index (χ1v) is 6.23. The standard InChI is InChI=1S/C12H14O2S/c1-9-2-4-10(5-3-9)12(13)11-8-15-7-6-14-11/h2-5,11H,6-8H2,1H3. The molecule has 0 N–H and O–H groups in total. The summed E-state index contributed by atoms with van der Waals surface area (Å²) in [6.07, 6.45) is -0.244. The van der Waals surface area contributed by atoms with Crippen molar-refractivity contribution in [2.45, 2.75) is 13.0 Å². The van der Waals surface area contributed by atoms with Crippen LogP contribution in [0, 0.1) is 6.92 Å². The minimum Gasteiger partial charge on any atom is -0.368 e. The summed E-state index contributed by atoms with van der Waals surface area (Å²) in [5.74, 6) is 1.90. The fourth-order valence-electron chi connectivity index (χ4n) is 1.54. The SMILES string of the molecule is Cc1ccc(C(=O)C2CSCCO2)cc1. The molecule has 1 aromatic carbocycles. The minimum atomic E-state index is -0.244. The van der Waals surface area contributed by atoms with Crippen LogP contribution in [0.15, 0.2) is 24.3 Å². The van der Waals surface area contributed by atoms with Gasteiger partial charge in [-0.2, -0.15) is 11.8 Å². The van der Waals surface area contributed by atoms with E-state index in [1.807, 2.05) is 31.2 Å². The maximum absolute atomic E-state index is 12.0. The van der Waals surface area contributed by atoms with Crippen molar-refractivity contribution in [1.82, 2.24) is 0 Å². The molecular formula is C12H14O2S. The molecule has 1 heterocycles. The van der Waals surface area contributed by atoms with E-state index in [2.05, 4.69) is 0 Å². The third-order valence-electron chi connectivity index (χ3n) is 2.44. The third-order valence-corrected chi connectivity index (χ3v) is 3.44. The highest BCUT2D eigenvalue weighted by Gasteiger charge is 2.23. The maximum atomic E-state index is 12.0. The van der Waals surface area contributed by atoms with E-state index in [4.69, 9.17) is 4.74 Å². The van der Waals surface area contributed by atoms with Crippen LogP contribution in [0.1, 0.15) is 15.9 Å². The van der Waals surface area contributed by atoms with Crippen LogP contribution in [0.2, 0.25) is 0 Å². The number of ketones is 1. The highest BCUT2D eigenvalue weighted by molar-refractivity contribution is 7.99. The van der Waals surface area contributed by atoms with Crippen LogP contribution in [0.25, 0.3) is 0 Å². The molecule has 2 nitrogen and oxygen atoms in total. The first-order chi connectivity index (χ1) is 7.27. The van der Waals surface area contributed by atoms with Crippen molar-refractivity contribution in [3.05, 3.63) is 35.4 Å². The summed E-state index contributed by atoms with van der Waals surface area (Å²) < 4.78 is 5.45. The van der Waals surface area contributed by atoms with E-state index in [0.717, 1.165) is 17.1 Å². The fourth-order valence-corrected chi connectivity index (χ4v) is 2.39. The number of rotatable bonds is 2. The Bertz CT molecular complexity index is 339. The third kappa shape index (κ3) is 2.61. The number of carbonyl (C=O) groups excluding carboxylic acids is 1. The average Bonchev–Trinajstić information content (AvgIpc) is 2.30. The zero-order chi connectivity index (χ0) is 10.7. The van der Waals surface area contributed by atoms with Gasteiger partial charge in [0.2, 0.25) is 0 Å². The molecular weight excluding hydrogens is 208 g/mol. The molecule has 1 aliphatic rings. The van der Waals surface area contributed by atoms with Crippen LogP contribution < -0.4 is 0 Å². The molecule has 80 valence electrons. The second-order valence-corrected chi connectivity index (χ2v) is 4.81. The van der Waals surface area contributed by atoms with E-state index in [1.54, 1.807) is 11.8 Å². The Labute approximate surface area is 94.0 Å². The van der Waals surface area contributed by atoms with E-state index in [9.17, 15) is 4.79 Å². The smallest absolute Gasteiger partial charge is 0.192 e. The maximum Gasteiger partial charge on any atom is 0.192 e. The highest BCUT2D eigenvalue weighted by atomic mass is 32.2. The molecule has 0 aliphatic carbocycles. The van der Waals surface area contributed by atoms with E-state index >= 15 is 0 Å². The van der Waals surface area contributed by atoms with Gasteiger partial charge in [-0.15, -0.1) is 0 Å². The summed E-state index contributed by atoms with van der Waals surface area (Å²) in [6.45, 7) is 2.70. The van der Waals surface area contributed by atoms with Gasteiger partial charge in [0.1, 0.15) is 6.10 Å². The monoisotopic (exact) mass is 222 g/mol. The molecule has 15 heavy (non-hydrogen) atoms. The van der Waals surface area contributed by atoms with Crippen LogP contribution in [0.5, 0.6) is 0 Å². The van der Waals surface area contributed by atoms with Gasteiger partial charge in [-0.1, -0.05) is 29.8 Å². The van der Waals surface area contributed by atoms with E-state index in [1.165, 1.54) is 5.56 Å². The quantitative estimate of drug-likeness (QED) is 0.718. The van der Waals surface area contributed by atoms with Crippen LogP contribution in [0.4, 0.5) is 0 Å². The lowest BCUT2D eigenvalue weighted by Gasteiger charge is -2.20. The molecule has 1 aliphatic heterocycles. The van der Waals surface area contributed by atoms with Gasteiger partial charge in [0, 0.05) is 17.1 Å². The van der Waals surface area contributed by atoms with Gasteiger partial charge in [0.05, 0.1) is 6.61 Å². The first kappa shape index (κ1) is 10.7. The predicted molar refractivity (Wildman–Crippen MR) is 62.6 cm³/mol. The Kier molecular flexibility index (Phi) is 3.44. The lowest BCUT2D eigenvalue weighted by atomic mass is 10.1. The summed E-state index contributed by atoms with van der Waals surface area (Å²) >= 11 is 1.78. The summed E-state index contributed by atoms with van der Waals surface area (Å²) in [4.78, 5) is 12.0. The van der Waals surface area contributed by atoms with Crippen LogP contribution in [0.3, 0.4) is 0 Å². The molecule has 1 saturated heterocycles. The predicted octanol–water partition coefficient (Wildman–Crippen LogP) is 2.31. The van der Waals surface area contributed by atoms with Gasteiger partial charge in [-0.05, 0) is 6.92 Å². The van der Waals surface area contributed by atoms with Crippen LogP contribution in [-0.2, 0) is 4.74 Å². The number of thioether (sulfide) groups is 1. The van der Waals surface area contributed by atoms with Crippen molar-refractivity contribution in [1.29, 1.82) is 0 Å². The lowest BCUT2D eigenvalue weighted by Crippen LogP contribution is -2.31. The molecule has 1 fully saturated rings. The van der Waals surface area contributed by atoms with Crippen LogP contribution >= 0.6 is 11.8 Å². The summed E-state index contributed by atoms with van der Waals surface area (Å²) in [5, 5.41) is 0. The van der Waals surface area contributed by atoms with Gasteiger partial charge >= 0.3 is 0 Å². The van der Waals surface area contributed by atoms with E-state index in [0.29, 0.717) is 6.61 Å². The van der Waals surface area contributed by atoms with E-state index in [-0.39, 0.29) is 11.9 Å². The molecule has 0 aromatic heterocycles. The van der Waals surface area contributed by atoms with Gasteiger partial charge in [-0.3, -0.25) is 4.79 Å². The molecule has 0 spiro atoms.